The minimum atomic E-state index is -3.62. The third kappa shape index (κ3) is 4.20. The third-order valence-electron chi connectivity index (χ3n) is 4.31. The number of ether oxygens (including phenoxy) is 1. The van der Waals surface area contributed by atoms with Gasteiger partial charge < -0.3 is 9.64 Å². The first-order valence-electron chi connectivity index (χ1n) is 8.59. The van der Waals surface area contributed by atoms with Gasteiger partial charge in [-0.1, -0.05) is 17.7 Å². The van der Waals surface area contributed by atoms with Gasteiger partial charge in [-0.05, 0) is 38.0 Å². The zero-order valence-corrected chi connectivity index (χ0v) is 16.1. The van der Waals surface area contributed by atoms with Crippen LogP contribution >= 0.6 is 0 Å². The number of morpholine rings is 1. The lowest BCUT2D eigenvalue weighted by molar-refractivity contribution is 0.122. The van der Waals surface area contributed by atoms with Crippen LogP contribution in [0, 0.1) is 20.8 Å². The van der Waals surface area contributed by atoms with Crippen molar-refractivity contribution in [1.82, 2.24) is 14.7 Å². The summed E-state index contributed by atoms with van der Waals surface area (Å²) in [5, 5.41) is 0. The fourth-order valence-electron chi connectivity index (χ4n) is 3.23. The Hall–Kier alpha value is -2.03. The predicted molar refractivity (Wildman–Crippen MR) is 99.7 cm³/mol. The maximum absolute atomic E-state index is 12.8. The molecule has 8 heteroatoms. The summed E-state index contributed by atoms with van der Waals surface area (Å²) >= 11 is 0. The van der Waals surface area contributed by atoms with Gasteiger partial charge in [0.1, 0.15) is 0 Å². The zero-order chi connectivity index (χ0) is 18.7. The number of sulfonamides is 1. The molecule has 1 aliphatic heterocycles. The van der Waals surface area contributed by atoms with E-state index in [2.05, 4.69) is 14.7 Å². The lowest BCUT2D eigenvalue weighted by Gasteiger charge is -2.26. The number of hydrogen-bond donors (Lipinski definition) is 1. The number of anilines is 1. The smallest absolute Gasteiger partial charge is 0.241 e. The van der Waals surface area contributed by atoms with Crippen LogP contribution in [0.5, 0.6) is 0 Å². The SMILES string of the molecule is Cc1cc(C)c(S(=O)(=O)NCc2ccnc(N3CCOCC3)n2)c(C)c1. The lowest BCUT2D eigenvalue weighted by Crippen LogP contribution is -2.37. The van der Waals surface area contributed by atoms with E-state index < -0.39 is 10.0 Å². The standard InChI is InChI=1S/C18H24N4O3S/c1-13-10-14(2)17(15(3)11-13)26(23,24)20-12-16-4-5-19-18(21-16)22-6-8-25-9-7-22/h4-5,10-11,20H,6-9,12H2,1-3H3. The molecule has 1 aliphatic rings. The van der Waals surface area contributed by atoms with Crippen molar-refractivity contribution in [2.45, 2.75) is 32.2 Å². The zero-order valence-electron chi connectivity index (χ0n) is 15.3. The number of aromatic nitrogens is 2. The fraction of sp³-hybridized carbons (Fsp3) is 0.444. The van der Waals surface area contributed by atoms with Gasteiger partial charge in [0.25, 0.3) is 0 Å². The molecule has 0 aliphatic carbocycles. The normalized spacial score (nSPS) is 15.3. The Morgan fingerprint density at radius 2 is 1.81 bits per heavy atom. The molecule has 1 N–H and O–H groups in total. The predicted octanol–water partition coefficient (Wildman–Crippen LogP) is 1.72. The van der Waals surface area contributed by atoms with Crippen molar-refractivity contribution in [1.29, 1.82) is 0 Å². The van der Waals surface area contributed by atoms with Crippen LogP contribution < -0.4 is 9.62 Å². The Morgan fingerprint density at radius 1 is 1.15 bits per heavy atom. The van der Waals surface area contributed by atoms with E-state index in [0.29, 0.717) is 29.8 Å². The average molecular weight is 376 g/mol. The van der Waals surface area contributed by atoms with E-state index >= 15 is 0 Å². The molecule has 140 valence electrons. The Labute approximate surface area is 154 Å². The van der Waals surface area contributed by atoms with Crippen LogP contribution in [0.25, 0.3) is 0 Å². The first-order chi connectivity index (χ1) is 12.4. The van der Waals surface area contributed by atoms with E-state index in [1.54, 1.807) is 12.3 Å². The van der Waals surface area contributed by atoms with E-state index in [0.717, 1.165) is 29.8 Å². The van der Waals surface area contributed by atoms with Crippen molar-refractivity contribution in [2.75, 3.05) is 31.2 Å². The molecule has 1 aromatic carbocycles. The Balaban J connectivity index is 1.76. The maximum atomic E-state index is 12.8. The number of aryl methyl sites for hydroxylation is 3. The van der Waals surface area contributed by atoms with E-state index in [9.17, 15) is 8.42 Å². The number of benzene rings is 1. The molecule has 0 radical (unpaired) electrons. The largest absolute Gasteiger partial charge is 0.378 e. The highest BCUT2D eigenvalue weighted by atomic mass is 32.2. The van der Waals surface area contributed by atoms with Crippen LogP contribution in [0.15, 0.2) is 29.3 Å². The molecule has 1 aromatic heterocycles. The van der Waals surface area contributed by atoms with Crippen molar-refractivity contribution in [3.63, 3.8) is 0 Å². The lowest BCUT2D eigenvalue weighted by atomic mass is 10.1. The molecule has 0 amide bonds. The van der Waals surface area contributed by atoms with Crippen molar-refractivity contribution < 1.29 is 13.2 Å². The molecule has 7 nitrogen and oxygen atoms in total. The van der Waals surface area contributed by atoms with Gasteiger partial charge in [-0.2, -0.15) is 0 Å². The van der Waals surface area contributed by atoms with E-state index in [1.807, 2.05) is 37.8 Å². The summed E-state index contributed by atoms with van der Waals surface area (Å²) in [5.74, 6) is 0.604. The summed E-state index contributed by atoms with van der Waals surface area (Å²) in [5.41, 5.74) is 3.16. The van der Waals surface area contributed by atoms with E-state index in [-0.39, 0.29) is 6.54 Å². The van der Waals surface area contributed by atoms with Gasteiger partial charge in [0.05, 0.1) is 30.3 Å². The number of rotatable bonds is 5. The monoisotopic (exact) mass is 376 g/mol. The van der Waals surface area contributed by atoms with E-state index in [4.69, 9.17) is 4.74 Å². The summed E-state index contributed by atoms with van der Waals surface area (Å²) in [6.45, 7) is 8.46. The van der Waals surface area contributed by atoms with Gasteiger partial charge in [-0.3, -0.25) is 0 Å². The molecule has 1 saturated heterocycles. The average Bonchev–Trinajstić information content (AvgIpc) is 2.60. The van der Waals surface area contributed by atoms with Crippen molar-refractivity contribution in [3.8, 4) is 0 Å². The third-order valence-corrected chi connectivity index (χ3v) is 6.02. The molecule has 0 saturated carbocycles. The van der Waals surface area contributed by atoms with Gasteiger partial charge in [-0.25, -0.2) is 23.1 Å². The molecule has 0 atom stereocenters. The summed E-state index contributed by atoms with van der Waals surface area (Å²) < 4.78 is 33.5. The van der Waals surface area contributed by atoms with Crippen LogP contribution in [0.2, 0.25) is 0 Å². The minimum absolute atomic E-state index is 0.120. The molecule has 3 rings (SSSR count). The highest BCUT2D eigenvalue weighted by molar-refractivity contribution is 7.89. The Bertz CT molecular complexity index is 870. The highest BCUT2D eigenvalue weighted by Crippen LogP contribution is 2.21. The summed E-state index contributed by atoms with van der Waals surface area (Å²) in [4.78, 5) is 11.1. The molecule has 2 aromatic rings. The summed E-state index contributed by atoms with van der Waals surface area (Å²) in [7, 11) is -3.62. The van der Waals surface area contributed by atoms with Gasteiger partial charge in [0.2, 0.25) is 16.0 Å². The maximum Gasteiger partial charge on any atom is 0.241 e. The second-order valence-corrected chi connectivity index (χ2v) is 8.20. The molecule has 26 heavy (non-hydrogen) atoms. The number of nitrogens with zero attached hydrogens (tertiary/aromatic N) is 3. The van der Waals surface area contributed by atoms with Crippen LogP contribution in [0.1, 0.15) is 22.4 Å². The quantitative estimate of drug-likeness (QED) is 0.855. The minimum Gasteiger partial charge on any atom is -0.378 e. The first kappa shape index (κ1) is 18.8. The summed E-state index contributed by atoms with van der Waals surface area (Å²) in [6, 6.07) is 5.48. The van der Waals surface area contributed by atoms with Gasteiger partial charge in [-0.15, -0.1) is 0 Å². The highest BCUT2D eigenvalue weighted by Gasteiger charge is 2.20. The molecule has 0 unspecified atom stereocenters. The molecule has 1 fully saturated rings. The van der Waals surface area contributed by atoms with Gasteiger partial charge >= 0.3 is 0 Å². The van der Waals surface area contributed by atoms with E-state index in [1.165, 1.54) is 0 Å². The molecular weight excluding hydrogens is 352 g/mol. The van der Waals surface area contributed by atoms with Crippen molar-refractivity contribution >= 4 is 16.0 Å². The van der Waals surface area contributed by atoms with Crippen molar-refractivity contribution in [3.05, 3.63) is 46.8 Å². The Morgan fingerprint density at radius 3 is 2.46 bits per heavy atom. The topological polar surface area (TPSA) is 84.4 Å². The fourth-order valence-corrected chi connectivity index (χ4v) is 4.68. The number of hydrogen-bond acceptors (Lipinski definition) is 6. The van der Waals surface area contributed by atoms with Crippen LogP contribution in [0.4, 0.5) is 5.95 Å². The first-order valence-corrected chi connectivity index (χ1v) is 10.1. The van der Waals surface area contributed by atoms with Crippen LogP contribution in [-0.4, -0.2) is 44.7 Å². The van der Waals surface area contributed by atoms with Gasteiger partial charge in [0.15, 0.2) is 0 Å². The second kappa shape index (κ2) is 7.69. The van der Waals surface area contributed by atoms with Gasteiger partial charge in [0, 0.05) is 19.3 Å². The molecule has 0 spiro atoms. The van der Waals surface area contributed by atoms with Crippen LogP contribution in [-0.2, 0) is 21.3 Å². The molecule has 2 heterocycles. The molecular formula is C18H24N4O3S. The summed E-state index contributed by atoms with van der Waals surface area (Å²) in [6.07, 6.45) is 1.66. The second-order valence-electron chi connectivity index (χ2n) is 6.50. The van der Waals surface area contributed by atoms with Crippen molar-refractivity contribution in [2.24, 2.45) is 0 Å². The molecule has 0 bridgehead atoms. The van der Waals surface area contributed by atoms with Crippen LogP contribution in [0.3, 0.4) is 0 Å². The Kier molecular flexibility index (Phi) is 5.55. The number of nitrogens with one attached hydrogen (secondary N) is 1.